The Morgan fingerprint density at radius 1 is 1.24 bits per heavy atom. The van der Waals surface area contributed by atoms with Gasteiger partial charge >= 0.3 is 0 Å². The summed E-state index contributed by atoms with van der Waals surface area (Å²) in [6.45, 7) is 9.45. The molecule has 0 bridgehead atoms. The monoisotopic (exact) mass is 242 g/mol. The average Bonchev–Trinajstić information content (AvgIpc) is 2.36. The van der Waals surface area contributed by atoms with Crippen LogP contribution in [0.25, 0.3) is 0 Å². The number of nitrogens with one attached hydrogen (secondary N) is 1. The van der Waals surface area contributed by atoms with Crippen LogP contribution in [0.1, 0.15) is 26.2 Å². The Morgan fingerprint density at radius 3 is 2.82 bits per heavy atom. The summed E-state index contributed by atoms with van der Waals surface area (Å²) in [7, 11) is 0. The molecule has 17 heavy (non-hydrogen) atoms. The molecule has 0 aromatic rings. The summed E-state index contributed by atoms with van der Waals surface area (Å²) in [5, 5.41) is 3.65. The Bertz CT molecular complexity index is 208. The minimum atomic E-state index is 0.431. The van der Waals surface area contributed by atoms with E-state index in [0.29, 0.717) is 12.1 Å². The second kappa shape index (κ2) is 7.31. The smallest absolute Gasteiger partial charge is 0.0594 e. The van der Waals surface area contributed by atoms with Crippen molar-refractivity contribution in [3.05, 3.63) is 0 Å². The average molecular weight is 242 g/mol. The maximum Gasteiger partial charge on any atom is 0.0594 e. The zero-order chi connectivity index (χ0) is 11.9. The molecule has 2 fully saturated rings. The molecule has 2 unspecified atom stereocenters. The Balaban J connectivity index is 1.50. The Hall–Kier alpha value is -0.160. The fourth-order valence-corrected chi connectivity index (χ4v) is 2.62. The van der Waals surface area contributed by atoms with Gasteiger partial charge in [-0.2, -0.15) is 0 Å². The highest BCUT2D eigenvalue weighted by molar-refractivity contribution is 4.74. The molecule has 2 rings (SSSR count). The van der Waals surface area contributed by atoms with Crippen LogP contribution in [0.2, 0.25) is 0 Å². The number of nitrogens with zero attached hydrogens (tertiary/aromatic N) is 1. The summed E-state index contributed by atoms with van der Waals surface area (Å²) >= 11 is 0. The van der Waals surface area contributed by atoms with Gasteiger partial charge in [0, 0.05) is 25.7 Å². The van der Waals surface area contributed by atoms with Crippen LogP contribution in [0.15, 0.2) is 0 Å². The van der Waals surface area contributed by atoms with E-state index in [0.717, 1.165) is 45.9 Å². The predicted molar refractivity (Wildman–Crippen MR) is 68.3 cm³/mol. The molecule has 4 heteroatoms. The highest BCUT2D eigenvalue weighted by Gasteiger charge is 2.18. The highest BCUT2D eigenvalue weighted by atomic mass is 16.5. The number of ether oxygens (including phenoxy) is 2. The van der Waals surface area contributed by atoms with Crippen molar-refractivity contribution in [3.63, 3.8) is 0 Å². The van der Waals surface area contributed by atoms with Gasteiger partial charge in [0.2, 0.25) is 0 Å². The van der Waals surface area contributed by atoms with Crippen LogP contribution < -0.4 is 5.32 Å². The quantitative estimate of drug-likeness (QED) is 0.725. The fourth-order valence-electron chi connectivity index (χ4n) is 2.62. The van der Waals surface area contributed by atoms with Crippen molar-refractivity contribution in [1.29, 1.82) is 0 Å². The molecule has 0 aromatic carbocycles. The third-order valence-electron chi connectivity index (χ3n) is 3.67. The Kier molecular flexibility index (Phi) is 5.71. The van der Waals surface area contributed by atoms with E-state index < -0.39 is 0 Å². The van der Waals surface area contributed by atoms with Crippen molar-refractivity contribution in [2.45, 2.75) is 38.3 Å². The molecule has 0 aromatic heterocycles. The van der Waals surface area contributed by atoms with Gasteiger partial charge in [-0.1, -0.05) is 0 Å². The standard InChI is InChI=1S/C13H26N2O2/c1-12-11-13(3-8-17-12)14-4-2-5-15-6-9-16-10-7-15/h12-14H,2-11H2,1H3. The predicted octanol–water partition coefficient (Wildman–Crippen LogP) is 0.866. The van der Waals surface area contributed by atoms with Gasteiger partial charge < -0.3 is 14.8 Å². The van der Waals surface area contributed by atoms with E-state index >= 15 is 0 Å². The summed E-state index contributed by atoms with van der Waals surface area (Å²) < 4.78 is 10.9. The van der Waals surface area contributed by atoms with Crippen molar-refractivity contribution < 1.29 is 9.47 Å². The van der Waals surface area contributed by atoms with E-state index in [1.54, 1.807) is 0 Å². The van der Waals surface area contributed by atoms with Gasteiger partial charge in [0.15, 0.2) is 0 Å². The lowest BCUT2D eigenvalue weighted by Crippen LogP contribution is -2.40. The van der Waals surface area contributed by atoms with Crippen LogP contribution in [-0.2, 0) is 9.47 Å². The molecule has 2 heterocycles. The molecule has 100 valence electrons. The molecule has 2 atom stereocenters. The van der Waals surface area contributed by atoms with Crippen LogP contribution in [0.3, 0.4) is 0 Å². The number of hydrogen-bond donors (Lipinski definition) is 1. The molecular formula is C13H26N2O2. The minimum absolute atomic E-state index is 0.431. The largest absolute Gasteiger partial charge is 0.379 e. The van der Waals surface area contributed by atoms with Crippen molar-refractivity contribution in [2.75, 3.05) is 46.0 Å². The zero-order valence-electron chi connectivity index (χ0n) is 11.0. The van der Waals surface area contributed by atoms with Gasteiger partial charge in [-0.05, 0) is 39.3 Å². The van der Waals surface area contributed by atoms with E-state index in [1.165, 1.54) is 19.4 Å². The third kappa shape index (κ3) is 4.92. The van der Waals surface area contributed by atoms with Gasteiger partial charge in [0.05, 0.1) is 19.3 Å². The molecule has 0 saturated carbocycles. The van der Waals surface area contributed by atoms with E-state index in [1.807, 2.05) is 0 Å². The SMILES string of the molecule is CC1CC(NCCCN2CCOCC2)CCO1. The maximum atomic E-state index is 5.55. The Morgan fingerprint density at radius 2 is 2.06 bits per heavy atom. The number of hydrogen-bond acceptors (Lipinski definition) is 4. The van der Waals surface area contributed by atoms with Gasteiger partial charge in [-0.15, -0.1) is 0 Å². The van der Waals surface area contributed by atoms with Crippen LogP contribution in [0.5, 0.6) is 0 Å². The zero-order valence-corrected chi connectivity index (χ0v) is 11.0. The van der Waals surface area contributed by atoms with Crippen molar-refractivity contribution in [3.8, 4) is 0 Å². The normalized spacial score (nSPS) is 31.6. The Labute approximate surface area is 105 Å². The number of rotatable bonds is 5. The maximum absolute atomic E-state index is 5.55. The van der Waals surface area contributed by atoms with E-state index in [2.05, 4.69) is 17.1 Å². The molecule has 0 amide bonds. The lowest BCUT2D eigenvalue weighted by Gasteiger charge is -2.29. The molecule has 2 aliphatic heterocycles. The van der Waals surface area contributed by atoms with Crippen LogP contribution in [-0.4, -0.2) is 63.0 Å². The molecule has 0 radical (unpaired) electrons. The van der Waals surface area contributed by atoms with Gasteiger partial charge in [0.1, 0.15) is 0 Å². The topological polar surface area (TPSA) is 33.7 Å². The van der Waals surface area contributed by atoms with Crippen molar-refractivity contribution in [2.24, 2.45) is 0 Å². The summed E-state index contributed by atoms with van der Waals surface area (Å²) in [6.07, 6.45) is 4.01. The molecule has 1 N–H and O–H groups in total. The van der Waals surface area contributed by atoms with Crippen molar-refractivity contribution >= 4 is 0 Å². The lowest BCUT2D eigenvalue weighted by atomic mass is 10.0. The first-order valence-electron chi connectivity index (χ1n) is 6.99. The summed E-state index contributed by atoms with van der Waals surface area (Å²) in [6, 6.07) is 0.670. The van der Waals surface area contributed by atoms with Crippen LogP contribution in [0, 0.1) is 0 Å². The highest BCUT2D eigenvalue weighted by Crippen LogP contribution is 2.12. The van der Waals surface area contributed by atoms with Gasteiger partial charge in [-0.25, -0.2) is 0 Å². The first-order valence-corrected chi connectivity index (χ1v) is 6.99. The fraction of sp³-hybridized carbons (Fsp3) is 1.00. The van der Waals surface area contributed by atoms with E-state index in [-0.39, 0.29) is 0 Å². The minimum Gasteiger partial charge on any atom is -0.379 e. The van der Waals surface area contributed by atoms with Crippen molar-refractivity contribution in [1.82, 2.24) is 10.2 Å². The van der Waals surface area contributed by atoms with E-state index in [9.17, 15) is 0 Å². The second-order valence-electron chi connectivity index (χ2n) is 5.16. The van der Waals surface area contributed by atoms with Gasteiger partial charge in [-0.3, -0.25) is 4.90 Å². The molecule has 4 nitrogen and oxygen atoms in total. The van der Waals surface area contributed by atoms with E-state index in [4.69, 9.17) is 9.47 Å². The lowest BCUT2D eigenvalue weighted by molar-refractivity contribution is 0.0127. The first-order chi connectivity index (χ1) is 8.34. The molecule has 0 spiro atoms. The molecule has 2 saturated heterocycles. The third-order valence-corrected chi connectivity index (χ3v) is 3.67. The number of morpholine rings is 1. The molecule has 0 aliphatic carbocycles. The first kappa shape index (κ1) is 13.3. The summed E-state index contributed by atoms with van der Waals surface area (Å²) in [4.78, 5) is 2.50. The van der Waals surface area contributed by atoms with Crippen LogP contribution in [0.4, 0.5) is 0 Å². The summed E-state index contributed by atoms with van der Waals surface area (Å²) in [5.74, 6) is 0. The molecular weight excluding hydrogens is 216 g/mol. The van der Waals surface area contributed by atoms with Crippen LogP contribution >= 0.6 is 0 Å². The summed E-state index contributed by atoms with van der Waals surface area (Å²) in [5.41, 5.74) is 0. The van der Waals surface area contributed by atoms with Gasteiger partial charge in [0.25, 0.3) is 0 Å². The second-order valence-corrected chi connectivity index (χ2v) is 5.16. The molecule has 2 aliphatic rings.